The fourth-order valence-electron chi connectivity index (χ4n) is 2.48. The monoisotopic (exact) mass is 323 g/mol. The molecular weight excluding hydrogens is 302 g/mol. The summed E-state index contributed by atoms with van der Waals surface area (Å²) in [4.78, 5) is 12.6. The molecule has 0 amide bonds. The number of hydrogen-bond acceptors (Lipinski definition) is 3. The number of benzene rings is 1. The molecule has 0 bridgehead atoms. The Morgan fingerprint density at radius 1 is 1.21 bits per heavy atom. The molecule has 0 fully saturated rings. The van der Waals surface area contributed by atoms with E-state index < -0.39 is 0 Å². The summed E-state index contributed by atoms with van der Waals surface area (Å²) in [6, 6.07) is 9.56. The van der Waals surface area contributed by atoms with Crippen LogP contribution in [-0.2, 0) is 6.54 Å². The summed E-state index contributed by atoms with van der Waals surface area (Å²) in [5.41, 5.74) is 3.45. The molecule has 0 spiro atoms. The molecule has 0 atom stereocenters. The third-order valence-electron chi connectivity index (χ3n) is 3.76. The first kappa shape index (κ1) is 16.1. The van der Waals surface area contributed by atoms with Gasteiger partial charge in [-0.2, -0.15) is 5.10 Å². The fourth-order valence-corrected chi connectivity index (χ4v) is 2.48. The third-order valence-corrected chi connectivity index (χ3v) is 3.76. The normalized spacial score (nSPS) is 10.8. The van der Waals surface area contributed by atoms with Crippen molar-refractivity contribution >= 4 is 5.52 Å². The van der Waals surface area contributed by atoms with Crippen molar-refractivity contribution in [2.45, 2.75) is 27.3 Å². The average Bonchev–Trinajstić information content (AvgIpc) is 3.00. The Kier molecular flexibility index (Phi) is 4.51. The zero-order valence-corrected chi connectivity index (χ0v) is 14.2. The molecule has 5 nitrogen and oxygen atoms in total. The second kappa shape index (κ2) is 6.74. The standard InChI is InChI=1S/C19H21N3O2/c1-4-24-16-7-5-15(6-8-16)17-13-18-19(23)21(10-9-14(2)3)11-12-22(18)20-17/h5-9,11-13H,4,10H2,1-3H3. The van der Waals surface area contributed by atoms with E-state index >= 15 is 0 Å². The van der Waals surface area contributed by atoms with Crippen LogP contribution in [0.15, 0.2) is 59.2 Å². The van der Waals surface area contributed by atoms with Gasteiger partial charge in [0.2, 0.25) is 0 Å². The minimum absolute atomic E-state index is 0.0420. The first-order chi connectivity index (χ1) is 11.6. The zero-order chi connectivity index (χ0) is 17.1. The Morgan fingerprint density at radius 2 is 1.96 bits per heavy atom. The topological polar surface area (TPSA) is 48.5 Å². The summed E-state index contributed by atoms with van der Waals surface area (Å²) in [6.45, 7) is 7.20. The maximum absolute atomic E-state index is 12.6. The van der Waals surface area contributed by atoms with Crippen LogP contribution in [0, 0.1) is 0 Å². The number of rotatable bonds is 5. The van der Waals surface area contributed by atoms with E-state index in [1.165, 1.54) is 5.57 Å². The van der Waals surface area contributed by atoms with E-state index in [1.807, 2.05) is 63.4 Å². The first-order valence-corrected chi connectivity index (χ1v) is 8.04. The predicted molar refractivity (Wildman–Crippen MR) is 95.5 cm³/mol. The molecule has 5 heteroatoms. The van der Waals surface area contributed by atoms with Crippen LogP contribution in [-0.4, -0.2) is 20.8 Å². The SMILES string of the molecule is CCOc1ccc(-c2cc3c(=O)n(CC=C(C)C)ccn3n2)cc1. The van der Waals surface area contributed by atoms with Crippen molar-refractivity contribution in [2.24, 2.45) is 0 Å². The van der Waals surface area contributed by atoms with E-state index in [1.54, 1.807) is 15.3 Å². The maximum Gasteiger partial charge on any atom is 0.276 e. The van der Waals surface area contributed by atoms with Gasteiger partial charge in [0, 0.05) is 24.5 Å². The highest BCUT2D eigenvalue weighted by Gasteiger charge is 2.09. The Balaban J connectivity index is 1.97. The number of fused-ring (bicyclic) bond motifs is 1. The number of allylic oxidation sites excluding steroid dienone is 2. The van der Waals surface area contributed by atoms with E-state index in [0.29, 0.717) is 18.7 Å². The predicted octanol–water partition coefficient (Wildman–Crippen LogP) is 3.53. The van der Waals surface area contributed by atoms with Gasteiger partial charge in [0.1, 0.15) is 11.3 Å². The Hall–Kier alpha value is -2.82. The molecule has 0 N–H and O–H groups in total. The summed E-state index contributed by atoms with van der Waals surface area (Å²) in [6.07, 6.45) is 5.61. The molecule has 2 heterocycles. The van der Waals surface area contributed by atoms with E-state index in [2.05, 4.69) is 5.10 Å². The minimum atomic E-state index is -0.0420. The molecule has 0 unspecified atom stereocenters. The van der Waals surface area contributed by atoms with E-state index in [-0.39, 0.29) is 5.56 Å². The van der Waals surface area contributed by atoms with Crippen LogP contribution in [0.1, 0.15) is 20.8 Å². The van der Waals surface area contributed by atoms with Gasteiger partial charge in [-0.3, -0.25) is 4.79 Å². The van der Waals surface area contributed by atoms with Gasteiger partial charge in [-0.15, -0.1) is 0 Å². The largest absolute Gasteiger partial charge is 0.494 e. The number of ether oxygens (including phenoxy) is 1. The second-order valence-electron chi connectivity index (χ2n) is 5.85. The molecule has 124 valence electrons. The molecule has 0 saturated carbocycles. The van der Waals surface area contributed by atoms with Crippen molar-refractivity contribution in [1.82, 2.24) is 14.2 Å². The van der Waals surface area contributed by atoms with E-state index in [4.69, 9.17) is 4.74 Å². The van der Waals surface area contributed by atoms with Gasteiger partial charge in [0.25, 0.3) is 5.56 Å². The lowest BCUT2D eigenvalue weighted by molar-refractivity contribution is 0.340. The van der Waals surface area contributed by atoms with Crippen LogP contribution in [0.4, 0.5) is 0 Å². The smallest absolute Gasteiger partial charge is 0.276 e. The quantitative estimate of drug-likeness (QED) is 0.675. The van der Waals surface area contributed by atoms with Gasteiger partial charge >= 0.3 is 0 Å². The Morgan fingerprint density at radius 3 is 2.62 bits per heavy atom. The summed E-state index contributed by atoms with van der Waals surface area (Å²) >= 11 is 0. The van der Waals surface area contributed by atoms with Crippen LogP contribution < -0.4 is 10.3 Å². The lowest BCUT2D eigenvalue weighted by atomic mass is 10.1. The van der Waals surface area contributed by atoms with Gasteiger partial charge in [0.15, 0.2) is 0 Å². The molecule has 1 aromatic carbocycles. The van der Waals surface area contributed by atoms with Crippen LogP contribution in [0.25, 0.3) is 16.8 Å². The maximum atomic E-state index is 12.6. The highest BCUT2D eigenvalue weighted by atomic mass is 16.5. The molecule has 0 aliphatic carbocycles. The van der Waals surface area contributed by atoms with Gasteiger partial charge in [-0.05, 0) is 51.1 Å². The lowest BCUT2D eigenvalue weighted by Crippen LogP contribution is -2.20. The fraction of sp³-hybridized carbons (Fsp3) is 0.263. The second-order valence-corrected chi connectivity index (χ2v) is 5.85. The van der Waals surface area contributed by atoms with Crippen molar-refractivity contribution < 1.29 is 4.74 Å². The molecule has 3 rings (SSSR count). The van der Waals surface area contributed by atoms with E-state index in [9.17, 15) is 4.79 Å². The summed E-state index contributed by atoms with van der Waals surface area (Å²) < 4.78 is 8.77. The lowest BCUT2D eigenvalue weighted by Gasteiger charge is -2.03. The number of hydrogen-bond donors (Lipinski definition) is 0. The molecule has 0 saturated heterocycles. The van der Waals surface area contributed by atoms with Crippen molar-refractivity contribution in [1.29, 1.82) is 0 Å². The summed E-state index contributed by atoms with van der Waals surface area (Å²) in [5.74, 6) is 0.828. The van der Waals surface area contributed by atoms with Crippen LogP contribution >= 0.6 is 0 Å². The highest BCUT2D eigenvalue weighted by molar-refractivity contribution is 5.66. The van der Waals surface area contributed by atoms with Crippen molar-refractivity contribution in [3.8, 4) is 17.0 Å². The Labute approximate surface area is 140 Å². The number of aromatic nitrogens is 3. The van der Waals surface area contributed by atoms with Crippen molar-refractivity contribution in [3.05, 3.63) is 64.7 Å². The summed E-state index contributed by atoms with van der Waals surface area (Å²) in [7, 11) is 0. The van der Waals surface area contributed by atoms with Gasteiger partial charge in [-0.25, -0.2) is 4.52 Å². The number of nitrogens with zero attached hydrogens (tertiary/aromatic N) is 3. The van der Waals surface area contributed by atoms with Gasteiger partial charge in [0.05, 0.1) is 12.3 Å². The van der Waals surface area contributed by atoms with Gasteiger partial charge < -0.3 is 9.30 Å². The molecule has 0 aliphatic rings. The highest BCUT2D eigenvalue weighted by Crippen LogP contribution is 2.21. The Bertz CT molecular complexity index is 929. The first-order valence-electron chi connectivity index (χ1n) is 8.04. The van der Waals surface area contributed by atoms with Crippen molar-refractivity contribution in [3.63, 3.8) is 0 Å². The van der Waals surface area contributed by atoms with Crippen molar-refractivity contribution in [2.75, 3.05) is 6.61 Å². The average molecular weight is 323 g/mol. The van der Waals surface area contributed by atoms with E-state index in [0.717, 1.165) is 17.0 Å². The molecular formula is C19H21N3O2. The van der Waals surface area contributed by atoms with Crippen LogP contribution in [0.3, 0.4) is 0 Å². The molecule has 0 aliphatic heterocycles. The minimum Gasteiger partial charge on any atom is -0.494 e. The van der Waals surface area contributed by atoms with Crippen LogP contribution in [0.5, 0.6) is 5.75 Å². The van der Waals surface area contributed by atoms with Gasteiger partial charge in [-0.1, -0.05) is 11.6 Å². The third kappa shape index (κ3) is 3.25. The molecule has 3 aromatic rings. The van der Waals surface area contributed by atoms with Crippen LogP contribution in [0.2, 0.25) is 0 Å². The molecule has 0 radical (unpaired) electrons. The molecule has 2 aromatic heterocycles. The zero-order valence-electron chi connectivity index (χ0n) is 14.2. The molecule has 24 heavy (non-hydrogen) atoms. The summed E-state index contributed by atoms with van der Waals surface area (Å²) in [5, 5.41) is 4.50.